The maximum Gasteiger partial charge on any atom is 0.307 e. The van der Waals surface area contributed by atoms with Crippen LogP contribution in [0.5, 0.6) is 0 Å². The first-order valence-electron chi connectivity index (χ1n) is 6.88. The molecule has 0 unspecified atom stereocenters. The van der Waals surface area contributed by atoms with Gasteiger partial charge in [0.1, 0.15) is 5.60 Å². The van der Waals surface area contributed by atoms with Gasteiger partial charge in [-0.2, -0.15) is 0 Å². The highest BCUT2D eigenvalue weighted by molar-refractivity contribution is 5.70. The van der Waals surface area contributed by atoms with Gasteiger partial charge in [0, 0.05) is 12.6 Å². The molecule has 17 heavy (non-hydrogen) atoms. The average molecular weight is 241 g/mol. The second-order valence-corrected chi connectivity index (χ2v) is 5.90. The van der Waals surface area contributed by atoms with Gasteiger partial charge >= 0.3 is 5.97 Å². The van der Waals surface area contributed by atoms with Crippen molar-refractivity contribution >= 4 is 5.97 Å². The van der Waals surface area contributed by atoms with Crippen LogP contribution in [-0.4, -0.2) is 35.6 Å². The van der Waals surface area contributed by atoms with Crippen LogP contribution in [0.1, 0.15) is 59.8 Å². The van der Waals surface area contributed by atoms with Crippen molar-refractivity contribution in [3.05, 3.63) is 0 Å². The van der Waals surface area contributed by atoms with Crippen LogP contribution in [0.3, 0.4) is 0 Å². The predicted octanol–water partition coefficient (Wildman–Crippen LogP) is 2.98. The van der Waals surface area contributed by atoms with E-state index in [1.165, 1.54) is 25.7 Å². The van der Waals surface area contributed by atoms with Crippen LogP contribution >= 0.6 is 0 Å². The van der Waals surface area contributed by atoms with Crippen LogP contribution in [0.25, 0.3) is 0 Å². The molecule has 0 bridgehead atoms. The van der Waals surface area contributed by atoms with Crippen molar-refractivity contribution in [1.29, 1.82) is 0 Å². The number of carbonyl (C=O) groups excluding carboxylic acids is 1. The highest BCUT2D eigenvalue weighted by Gasteiger charge is 2.23. The molecular weight excluding hydrogens is 214 g/mol. The molecular formula is C14H27NO2. The van der Waals surface area contributed by atoms with E-state index in [4.69, 9.17) is 4.74 Å². The van der Waals surface area contributed by atoms with E-state index in [-0.39, 0.29) is 11.6 Å². The molecule has 0 aromatic heterocycles. The van der Waals surface area contributed by atoms with Gasteiger partial charge < -0.3 is 9.64 Å². The molecule has 0 amide bonds. The summed E-state index contributed by atoms with van der Waals surface area (Å²) < 4.78 is 5.33. The van der Waals surface area contributed by atoms with Gasteiger partial charge in [-0.15, -0.1) is 0 Å². The third-order valence-corrected chi connectivity index (χ3v) is 3.27. The van der Waals surface area contributed by atoms with Gasteiger partial charge in [0.25, 0.3) is 0 Å². The zero-order valence-corrected chi connectivity index (χ0v) is 11.8. The summed E-state index contributed by atoms with van der Waals surface area (Å²) in [5.74, 6) is -0.0750. The normalized spacial score (nSPS) is 17.7. The van der Waals surface area contributed by atoms with Crippen LogP contribution in [0.2, 0.25) is 0 Å². The summed E-state index contributed by atoms with van der Waals surface area (Å²) in [5.41, 5.74) is -0.360. The summed E-state index contributed by atoms with van der Waals surface area (Å²) in [6.45, 7) is 9.80. The number of ether oxygens (including phenoxy) is 1. The van der Waals surface area contributed by atoms with Gasteiger partial charge in [-0.1, -0.05) is 19.8 Å². The minimum absolute atomic E-state index is 0.0750. The number of nitrogens with zero attached hydrogens (tertiary/aromatic N) is 1. The minimum atomic E-state index is -0.360. The van der Waals surface area contributed by atoms with Gasteiger partial charge in [-0.25, -0.2) is 0 Å². The monoisotopic (exact) mass is 241 g/mol. The van der Waals surface area contributed by atoms with Crippen molar-refractivity contribution in [2.75, 3.05) is 13.1 Å². The summed E-state index contributed by atoms with van der Waals surface area (Å²) in [7, 11) is 0. The minimum Gasteiger partial charge on any atom is -0.460 e. The topological polar surface area (TPSA) is 29.5 Å². The summed E-state index contributed by atoms with van der Waals surface area (Å²) in [6.07, 6.45) is 5.78. The Morgan fingerprint density at radius 1 is 1.29 bits per heavy atom. The molecule has 1 aliphatic carbocycles. The van der Waals surface area contributed by atoms with E-state index >= 15 is 0 Å². The molecule has 0 heterocycles. The maximum absolute atomic E-state index is 11.6. The lowest BCUT2D eigenvalue weighted by Crippen LogP contribution is -2.35. The van der Waals surface area contributed by atoms with E-state index in [1.807, 2.05) is 20.8 Å². The van der Waals surface area contributed by atoms with Crippen LogP contribution < -0.4 is 0 Å². The van der Waals surface area contributed by atoms with E-state index in [9.17, 15) is 4.79 Å². The molecule has 1 aliphatic rings. The maximum atomic E-state index is 11.6. The van der Waals surface area contributed by atoms with Crippen molar-refractivity contribution in [2.45, 2.75) is 71.4 Å². The lowest BCUT2D eigenvalue weighted by molar-refractivity contribution is -0.155. The summed E-state index contributed by atoms with van der Waals surface area (Å²) in [4.78, 5) is 14.1. The molecule has 3 nitrogen and oxygen atoms in total. The quantitative estimate of drug-likeness (QED) is 0.693. The zero-order chi connectivity index (χ0) is 12.9. The Morgan fingerprint density at radius 3 is 2.35 bits per heavy atom. The fraction of sp³-hybridized carbons (Fsp3) is 0.929. The van der Waals surface area contributed by atoms with E-state index in [0.29, 0.717) is 12.5 Å². The van der Waals surface area contributed by atoms with Crippen LogP contribution in [-0.2, 0) is 9.53 Å². The first kappa shape index (κ1) is 14.5. The Kier molecular flexibility index (Phi) is 5.44. The Balaban J connectivity index is 2.29. The molecule has 100 valence electrons. The first-order chi connectivity index (χ1) is 7.92. The van der Waals surface area contributed by atoms with E-state index < -0.39 is 0 Å². The van der Waals surface area contributed by atoms with Gasteiger partial charge in [0.2, 0.25) is 0 Å². The molecule has 0 aromatic rings. The predicted molar refractivity (Wildman–Crippen MR) is 70.0 cm³/mol. The summed E-state index contributed by atoms with van der Waals surface area (Å²) in [6, 6.07) is 0.697. The van der Waals surface area contributed by atoms with Crippen molar-refractivity contribution in [3.63, 3.8) is 0 Å². The smallest absolute Gasteiger partial charge is 0.307 e. The summed E-state index contributed by atoms with van der Waals surface area (Å²) in [5, 5.41) is 0. The highest BCUT2D eigenvalue weighted by Crippen LogP contribution is 2.23. The molecule has 0 atom stereocenters. The van der Waals surface area contributed by atoms with Gasteiger partial charge in [0.15, 0.2) is 0 Å². The standard InChI is InChI=1S/C14H27NO2/c1-5-15(12-8-6-7-9-12)11-10-13(16)17-14(2,3)4/h12H,5-11H2,1-4H3. The van der Waals surface area contributed by atoms with E-state index in [2.05, 4.69) is 11.8 Å². The molecule has 0 aromatic carbocycles. The van der Waals surface area contributed by atoms with E-state index in [1.54, 1.807) is 0 Å². The van der Waals surface area contributed by atoms with Crippen molar-refractivity contribution in [1.82, 2.24) is 4.90 Å². The molecule has 0 spiro atoms. The lowest BCUT2D eigenvalue weighted by atomic mass is 10.2. The molecule has 0 saturated heterocycles. The fourth-order valence-corrected chi connectivity index (χ4v) is 2.50. The molecule has 1 fully saturated rings. The van der Waals surface area contributed by atoms with Crippen LogP contribution in [0.4, 0.5) is 0 Å². The largest absolute Gasteiger partial charge is 0.460 e. The second-order valence-electron chi connectivity index (χ2n) is 5.90. The van der Waals surface area contributed by atoms with Crippen LogP contribution in [0, 0.1) is 0 Å². The van der Waals surface area contributed by atoms with Crippen molar-refractivity contribution in [2.24, 2.45) is 0 Å². The zero-order valence-electron chi connectivity index (χ0n) is 11.8. The fourth-order valence-electron chi connectivity index (χ4n) is 2.50. The Morgan fingerprint density at radius 2 is 1.88 bits per heavy atom. The van der Waals surface area contributed by atoms with Gasteiger partial charge in [-0.05, 0) is 40.2 Å². The molecule has 0 aliphatic heterocycles. The average Bonchev–Trinajstić information content (AvgIpc) is 2.69. The molecule has 0 N–H and O–H groups in total. The van der Waals surface area contributed by atoms with E-state index in [0.717, 1.165) is 13.1 Å². The third kappa shape index (κ3) is 5.53. The SMILES string of the molecule is CCN(CCC(=O)OC(C)(C)C)C1CCCC1. The number of hydrogen-bond donors (Lipinski definition) is 0. The van der Waals surface area contributed by atoms with Gasteiger partial charge in [0.05, 0.1) is 6.42 Å². The second kappa shape index (κ2) is 6.39. The first-order valence-corrected chi connectivity index (χ1v) is 6.88. The highest BCUT2D eigenvalue weighted by atomic mass is 16.6. The Labute approximate surface area is 106 Å². The lowest BCUT2D eigenvalue weighted by Gasteiger charge is -2.27. The van der Waals surface area contributed by atoms with Crippen molar-refractivity contribution < 1.29 is 9.53 Å². The Hall–Kier alpha value is -0.570. The molecule has 0 radical (unpaired) electrons. The van der Waals surface area contributed by atoms with Gasteiger partial charge in [-0.3, -0.25) is 4.79 Å². The number of carbonyl (C=O) groups is 1. The van der Waals surface area contributed by atoms with Crippen molar-refractivity contribution in [3.8, 4) is 0 Å². The Bertz CT molecular complexity index is 239. The van der Waals surface area contributed by atoms with Crippen LogP contribution in [0.15, 0.2) is 0 Å². The number of hydrogen-bond acceptors (Lipinski definition) is 3. The molecule has 1 saturated carbocycles. The summed E-state index contributed by atoms with van der Waals surface area (Å²) >= 11 is 0. The molecule has 1 rings (SSSR count). The number of rotatable bonds is 5. The number of esters is 1. The molecule has 3 heteroatoms. The third-order valence-electron chi connectivity index (χ3n) is 3.27.